The minimum atomic E-state index is -0.333. The summed E-state index contributed by atoms with van der Waals surface area (Å²) >= 11 is 0. The van der Waals surface area contributed by atoms with Gasteiger partial charge < -0.3 is 25.4 Å². The molecule has 0 aromatic carbocycles. The van der Waals surface area contributed by atoms with Crippen molar-refractivity contribution >= 4 is 29.4 Å². The van der Waals surface area contributed by atoms with Crippen LogP contribution in [-0.2, 0) is 5.54 Å². The number of pyridine rings is 1. The van der Waals surface area contributed by atoms with Gasteiger partial charge in [-0.25, -0.2) is 9.98 Å². The Balaban J connectivity index is 1.16. The molecule has 1 atom stereocenters. The number of carbonyl (C=O) groups is 1. The molecule has 1 saturated heterocycles. The number of hydrogen-bond acceptors (Lipinski definition) is 7. The van der Waals surface area contributed by atoms with E-state index in [9.17, 15) is 4.79 Å². The van der Waals surface area contributed by atoms with E-state index in [4.69, 9.17) is 0 Å². The Morgan fingerprint density at radius 2 is 1.91 bits per heavy atom. The third-order valence-electron chi connectivity index (χ3n) is 8.18. The lowest BCUT2D eigenvalue weighted by Crippen LogP contribution is -2.53. The highest BCUT2D eigenvalue weighted by Gasteiger charge is 2.43. The molecule has 1 amide bonds. The van der Waals surface area contributed by atoms with E-state index in [1.165, 1.54) is 19.3 Å². The van der Waals surface area contributed by atoms with E-state index in [0.717, 1.165) is 67.6 Å². The summed E-state index contributed by atoms with van der Waals surface area (Å²) in [7, 11) is 0. The Labute approximate surface area is 207 Å². The molecule has 4 aliphatic rings. The average molecular weight is 477 g/mol. The van der Waals surface area contributed by atoms with Gasteiger partial charge in [0.2, 0.25) is 0 Å². The van der Waals surface area contributed by atoms with Crippen LogP contribution in [0.1, 0.15) is 62.0 Å². The second kappa shape index (κ2) is 8.86. The molecule has 1 aliphatic carbocycles. The maximum absolute atomic E-state index is 12.7. The number of hydrogen-bond donors (Lipinski definition) is 3. The predicted molar refractivity (Wildman–Crippen MR) is 140 cm³/mol. The maximum Gasteiger partial charge on any atom is 0.268 e. The maximum atomic E-state index is 12.7. The molecule has 2 fully saturated rings. The number of rotatable bonds is 4. The molecule has 1 saturated carbocycles. The van der Waals surface area contributed by atoms with Crippen molar-refractivity contribution in [2.75, 3.05) is 48.3 Å². The number of fused-ring (bicyclic) bond motifs is 4. The van der Waals surface area contributed by atoms with E-state index in [1.54, 1.807) is 0 Å². The first-order chi connectivity index (χ1) is 17.0. The number of piperazine rings is 1. The van der Waals surface area contributed by atoms with Crippen LogP contribution in [-0.4, -0.2) is 71.6 Å². The first-order valence-electron chi connectivity index (χ1n) is 13.1. The van der Waals surface area contributed by atoms with Crippen LogP contribution in [0.25, 0.3) is 0 Å². The zero-order valence-electron chi connectivity index (χ0n) is 20.8. The van der Waals surface area contributed by atoms with Crippen LogP contribution in [0.15, 0.2) is 29.4 Å². The highest BCUT2D eigenvalue weighted by Crippen LogP contribution is 2.42. The Morgan fingerprint density at radius 1 is 1.11 bits per heavy atom. The van der Waals surface area contributed by atoms with Crippen molar-refractivity contribution in [3.63, 3.8) is 0 Å². The van der Waals surface area contributed by atoms with Gasteiger partial charge in [-0.05, 0) is 44.9 Å². The third-order valence-corrected chi connectivity index (χ3v) is 8.18. The van der Waals surface area contributed by atoms with Crippen molar-refractivity contribution in [2.24, 2.45) is 4.99 Å². The fourth-order valence-electron chi connectivity index (χ4n) is 6.15. The lowest BCUT2D eigenvalue weighted by Gasteiger charge is -2.44. The summed E-state index contributed by atoms with van der Waals surface area (Å²) in [5.41, 5.74) is 2.83. The van der Waals surface area contributed by atoms with Crippen LogP contribution in [0.2, 0.25) is 0 Å². The average Bonchev–Trinajstić information content (AvgIpc) is 3.28. The van der Waals surface area contributed by atoms with Crippen LogP contribution < -0.4 is 20.9 Å². The van der Waals surface area contributed by atoms with E-state index < -0.39 is 0 Å². The zero-order valence-corrected chi connectivity index (χ0v) is 20.8. The molecule has 3 N–H and O–H groups in total. The monoisotopic (exact) mass is 476 g/mol. The van der Waals surface area contributed by atoms with Gasteiger partial charge in [-0.15, -0.1) is 0 Å². The van der Waals surface area contributed by atoms with Gasteiger partial charge in [-0.3, -0.25) is 9.69 Å². The van der Waals surface area contributed by atoms with Crippen LogP contribution in [0.4, 0.5) is 17.3 Å². The molecular weight excluding hydrogens is 440 g/mol. The Hall–Kier alpha value is -3.07. The van der Waals surface area contributed by atoms with Gasteiger partial charge in [-0.2, -0.15) is 0 Å². The smallest absolute Gasteiger partial charge is 0.268 e. The molecule has 3 aliphatic heterocycles. The molecule has 1 unspecified atom stereocenters. The number of aromatic nitrogens is 2. The van der Waals surface area contributed by atoms with E-state index in [2.05, 4.69) is 60.2 Å². The zero-order chi connectivity index (χ0) is 24.0. The fourth-order valence-corrected chi connectivity index (χ4v) is 6.15. The highest BCUT2D eigenvalue weighted by atomic mass is 16.2. The van der Waals surface area contributed by atoms with Gasteiger partial charge in [0.05, 0.1) is 17.4 Å². The normalized spacial score (nSPS) is 23.6. The third kappa shape index (κ3) is 4.05. The number of anilines is 3. The molecule has 9 nitrogen and oxygen atoms in total. The van der Waals surface area contributed by atoms with Gasteiger partial charge >= 0.3 is 0 Å². The van der Waals surface area contributed by atoms with Crippen molar-refractivity contribution < 1.29 is 4.79 Å². The highest BCUT2D eigenvalue weighted by molar-refractivity contribution is 6.00. The van der Waals surface area contributed by atoms with Crippen LogP contribution in [0.3, 0.4) is 0 Å². The lowest BCUT2D eigenvalue weighted by atomic mass is 9.80. The molecule has 2 aromatic rings. The van der Waals surface area contributed by atoms with Gasteiger partial charge in [0.25, 0.3) is 5.91 Å². The topological polar surface area (TPSA) is 89.8 Å². The molecule has 2 aromatic heterocycles. The van der Waals surface area contributed by atoms with Crippen molar-refractivity contribution in [3.8, 4) is 0 Å². The summed E-state index contributed by atoms with van der Waals surface area (Å²) in [6, 6.07) is 6.73. The number of nitrogens with zero attached hydrogens (tertiary/aromatic N) is 5. The second-order valence-electron chi connectivity index (χ2n) is 10.6. The quantitative estimate of drug-likeness (QED) is 0.629. The molecule has 0 bridgehead atoms. The fraction of sp³-hybridized carbons (Fsp3) is 0.577. The van der Waals surface area contributed by atoms with Crippen LogP contribution >= 0.6 is 0 Å². The van der Waals surface area contributed by atoms with E-state index in [0.29, 0.717) is 12.6 Å². The number of amides is 1. The van der Waals surface area contributed by atoms with Gasteiger partial charge in [0.15, 0.2) is 6.29 Å². The van der Waals surface area contributed by atoms with Crippen LogP contribution in [0.5, 0.6) is 0 Å². The Kier molecular flexibility index (Phi) is 5.67. The summed E-state index contributed by atoms with van der Waals surface area (Å²) in [5, 5.41) is 10.1. The van der Waals surface area contributed by atoms with E-state index >= 15 is 0 Å². The lowest BCUT2D eigenvalue weighted by molar-refractivity contribution is 0.0830. The minimum Gasteiger partial charge on any atom is -0.368 e. The minimum absolute atomic E-state index is 0.00166. The Morgan fingerprint density at radius 3 is 2.63 bits per heavy atom. The molecule has 1 spiro atoms. The van der Waals surface area contributed by atoms with Gasteiger partial charge in [0.1, 0.15) is 17.3 Å². The Bertz CT molecular complexity index is 1110. The number of nitrogens with one attached hydrogen (secondary N) is 3. The number of aliphatic imine (C=N–C) groups is 1. The summed E-state index contributed by atoms with van der Waals surface area (Å²) in [5.74, 6) is 1.77. The van der Waals surface area contributed by atoms with Gasteiger partial charge in [-0.1, -0.05) is 19.3 Å². The summed E-state index contributed by atoms with van der Waals surface area (Å²) in [6.07, 6.45) is 9.33. The molecule has 6 rings (SSSR count). The SMILES string of the molecule is CC(C)N1CCN(c2ccc(NC3N=Cc4cc5n(c4N3)C3(CCCCC3)CNC5=O)nc2)CC1. The number of carbonyl (C=O) groups excluding carboxylic acids is 1. The van der Waals surface area contributed by atoms with Crippen molar-refractivity contribution in [1.29, 1.82) is 0 Å². The van der Waals surface area contributed by atoms with E-state index in [1.807, 2.05) is 24.5 Å². The first kappa shape index (κ1) is 22.4. The van der Waals surface area contributed by atoms with Crippen molar-refractivity contribution in [3.05, 3.63) is 35.7 Å². The molecule has 9 heteroatoms. The molecule has 0 radical (unpaired) electrons. The molecule has 5 heterocycles. The van der Waals surface area contributed by atoms with Crippen molar-refractivity contribution in [2.45, 2.75) is 63.8 Å². The predicted octanol–water partition coefficient (Wildman–Crippen LogP) is 3.06. The van der Waals surface area contributed by atoms with Crippen molar-refractivity contribution in [1.82, 2.24) is 19.8 Å². The standard InChI is InChI=1S/C26H36N8O/c1-18(2)32-10-12-33(13-11-32)20-6-7-22(27-16-20)30-25-28-15-19-14-21-24(35)29-17-26(8-4-3-5-9-26)34(21)23(19)31-25/h6-7,14-16,18,25,31H,3-5,8-13,17H2,1-2H3,(H,27,30)(H,29,35). The molecular formula is C26H36N8O. The summed E-state index contributed by atoms with van der Waals surface area (Å²) < 4.78 is 2.27. The molecule has 186 valence electrons. The second-order valence-corrected chi connectivity index (χ2v) is 10.6. The van der Waals surface area contributed by atoms with E-state index in [-0.39, 0.29) is 17.7 Å². The first-order valence-corrected chi connectivity index (χ1v) is 13.1. The van der Waals surface area contributed by atoms with Gasteiger partial charge in [0, 0.05) is 50.5 Å². The largest absolute Gasteiger partial charge is 0.368 e. The summed E-state index contributed by atoms with van der Waals surface area (Å²) in [6.45, 7) is 9.44. The molecule has 35 heavy (non-hydrogen) atoms. The van der Waals surface area contributed by atoms with Crippen LogP contribution in [0, 0.1) is 0 Å². The summed E-state index contributed by atoms with van der Waals surface area (Å²) in [4.78, 5) is 26.9.